The molecule has 2 aliphatic rings. The summed E-state index contributed by atoms with van der Waals surface area (Å²) in [7, 11) is -6.19. The van der Waals surface area contributed by atoms with Gasteiger partial charge in [-0.2, -0.15) is 5.10 Å². The molecule has 2 saturated heterocycles. The number of primary sulfonamides is 1. The van der Waals surface area contributed by atoms with Crippen LogP contribution >= 0.6 is 7.36 Å². The zero-order chi connectivity index (χ0) is 25.2. The van der Waals surface area contributed by atoms with E-state index in [1.807, 2.05) is 12.1 Å². The van der Waals surface area contributed by atoms with Crippen molar-refractivity contribution in [3.8, 4) is 0 Å². The number of rotatable bonds is 7. The molecule has 0 bridgehead atoms. The highest BCUT2D eigenvalue weighted by atomic mass is 32.2. The lowest BCUT2D eigenvalue weighted by Crippen LogP contribution is -2.44. The quantitative estimate of drug-likeness (QED) is 0.433. The van der Waals surface area contributed by atoms with Crippen molar-refractivity contribution < 1.29 is 8.42 Å². The molecule has 2 aromatic carbocycles. The topological polar surface area (TPSA) is 96.8 Å². The number of sulfonamides is 1. The van der Waals surface area contributed by atoms with E-state index in [4.69, 9.17) is 15.0 Å². The number of hydrogen-bond donors (Lipinski definition) is 1. The van der Waals surface area contributed by atoms with E-state index >= 15 is 0 Å². The Balaban J connectivity index is 1.82. The van der Waals surface area contributed by atoms with Crippen LogP contribution in [0.5, 0.6) is 0 Å². The summed E-state index contributed by atoms with van der Waals surface area (Å²) in [6.07, 6.45) is 8.13. The number of aromatic nitrogens is 2. The molecule has 10 heteroatoms. The lowest BCUT2D eigenvalue weighted by molar-refractivity contribution is 0.308. The number of nitrogens with two attached hydrogens (primary N) is 1. The zero-order valence-corrected chi connectivity index (χ0v) is 22.8. The molecule has 0 unspecified atom stereocenters. The fraction of sp³-hybridized carbons (Fsp3) is 0.500. The molecule has 5 rings (SSSR count). The minimum absolute atomic E-state index is 0.114. The molecule has 3 aromatic rings. The van der Waals surface area contributed by atoms with Crippen molar-refractivity contribution >= 4 is 39.4 Å². The highest BCUT2D eigenvalue weighted by Crippen LogP contribution is 2.60. The van der Waals surface area contributed by atoms with Crippen molar-refractivity contribution in [3.05, 3.63) is 48.5 Å². The molecule has 2 fully saturated rings. The standard InChI is InChI=1S/C26H37N6O2PS/c1-2-17-32-26(24-11-5-6-12-25(24)28-32)35(30-18-7-3-8-19-30,31-20-9-4-10-21-31)29-22-13-15-23(16-14-22)36(27,33)34/h5-6,11-16H,2-4,7-10,17-21H2,1H3,(H2,27,33,34). The molecule has 0 saturated carbocycles. The average Bonchev–Trinajstić information content (AvgIpc) is 3.27. The maximum absolute atomic E-state index is 11.9. The van der Waals surface area contributed by atoms with Crippen molar-refractivity contribution in [2.24, 2.45) is 9.88 Å². The Bertz CT molecular complexity index is 1330. The van der Waals surface area contributed by atoms with Crippen LogP contribution in [-0.4, -0.2) is 53.7 Å². The summed E-state index contributed by atoms with van der Waals surface area (Å²) in [5.41, 5.74) is 3.04. The SMILES string of the molecule is CCCn1nc2ccccc2c1P(=Nc1ccc(S(N)(=O)=O)cc1)(N1CCCCC1)N1CCCCC1. The summed E-state index contributed by atoms with van der Waals surface area (Å²) < 4.78 is 37.0. The molecule has 0 atom stereocenters. The summed E-state index contributed by atoms with van der Waals surface area (Å²) in [5, 5.41) is 11.6. The Morgan fingerprint density at radius 2 is 1.47 bits per heavy atom. The lowest BCUT2D eigenvalue weighted by atomic mass is 10.2. The molecule has 8 nitrogen and oxygen atoms in total. The van der Waals surface area contributed by atoms with Crippen LogP contribution in [0.25, 0.3) is 10.9 Å². The van der Waals surface area contributed by atoms with Gasteiger partial charge in [0.05, 0.1) is 16.1 Å². The van der Waals surface area contributed by atoms with Gasteiger partial charge < -0.3 is 0 Å². The summed E-state index contributed by atoms with van der Waals surface area (Å²) >= 11 is 0. The number of nitrogens with zero attached hydrogens (tertiary/aromatic N) is 5. The van der Waals surface area contributed by atoms with Gasteiger partial charge in [-0.25, -0.2) is 18.3 Å². The van der Waals surface area contributed by atoms with E-state index in [9.17, 15) is 8.42 Å². The molecule has 0 amide bonds. The number of aryl methyl sites for hydroxylation is 1. The molecule has 0 spiro atoms. The normalized spacial score (nSPS) is 18.5. The summed E-state index contributed by atoms with van der Waals surface area (Å²) in [6.45, 7) is 7.07. The van der Waals surface area contributed by atoms with Gasteiger partial charge in [0, 0.05) is 38.1 Å². The van der Waals surface area contributed by atoms with Crippen LogP contribution in [0.3, 0.4) is 0 Å². The molecule has 2 aliphatic heterocycles. The minimum atomic E-state index is -3.76. The smallest absolute Gasteiger partial charge is 0.238 e. The van der Waals surface area contributed by atoms with Crippen molar-refractivity contribution in [2.45, 2.75) is 63.3 Å². The van der Waals surface area contributed by atoms with E-state index in [2.05, 4.69) is 45.2 Å². The van der Waals surface area contributed by atoms with E-state index < -0.39 is 17.4 Å². The Morgan fingerprint density at radius 1 is 0.889 bits per heavy atom. The number of fused-ring (bicyclic) bond motifs is 1. The molecule has 194 valence electrons. The first-order valence-electron chi connectivity index (χ1n) is 13.2. The van der Waals surface area contributed by atoms with E-state index in [0.29, 0.717) is 0 Å². The van der Waals surface area contributed by atoms with Crippen LogP contribution in [0.2, 0.25) is 0 Å². The maximum atomic E-state index is 11.9. The van der Waals surface area contributed by atoms with Crippen LogP contribution in [0, 0.1) is 0 Å². The van der Waals surface area contributed by atoms with Crippen LogP contribution in [-0.2, 0) is 16.6 Å². The molecular formula is C26H37N6O2PS. The number of piperidine rings is 2. The van der Waals surface area contributed by atoms with Gasteiger partial charge in [-0.15, -0.1) is 0 Å². The second-order valence-electron chi connectivity index (χ2n) is 9.80. The first-order chi connectivity index (χ1) is 17.4. The Hall–Kier alpha value is -2.03. The molecule has 0 aliphatic carbocycles. The third-order valence-corrected chi connectivity index (χ3v) is 12.1. The van der Waals surface area contributed by atoms with Crippen molar-refractivity contribution in [1.29, 1.82) is 0 Å². The van der Waals surface area contributed by atoms with E-state index in [-0.39, 0.29) is 4.90 Å². The highest BCUT2D eigenvalue weighted by Gasteiger charge is 2.41. The third-order valence-electron chi connectivity index (χ3n) is 7.21. The minimum Gasteiger partial charge on any atom is -0.260 e. The van der Waals surface area contributed by atoms with Crippen LogP contribution in [0.4, 0.5) is 5.69 Å². The highest BCUT2D eigenvalue weighted by molar-refractivity contribution is 7.89. The Kier molecular flexibility index (Phi) is 7.65. The maximum Gasteiger partial charge on any atom is 0.238 e. The van der Waals surface area contributed by atoms with Gasteiger partial charge in [0.25, 0.3) is 0 Å². The monoisotopic (exact) mass is 528 g/mol. The fourth-order valence-electron chi connectivity index (χ4n) is 5.55. The molecule has 2 N–H and O–H groups in total. The first kappa shape index (κ1) is 25.6. The Morgan fingerprint density at radius 3 is 2.03 bits per heavy atom. The van der Waals surface area contributed by atoms with Gasteiger partial charge in [-0.1, -0.05) is 38.0 Å². The van der Waals surface area contributed by atoms with Crippen LogP contribution in [0.1, 0.15) is 51.9 Å². The second kappa shape index (κ2) is 10.8. The summed E-state index contributed by atoms with van der Waals surface area (Å²) in [5.74, 6) is 0. The molecule has 36 heavy (non-hydrogen) atoms. The predicted octanol–water partition coefficient (Wildman–Crippen LogP) is 5.05. The molecular weight excluding hydrogens is 491 g/mol. The van der Waals surface area contributed by atoms with Crippen molar-refractivity contribution in [3.63, 3.8) is 0 Å². The summed E-state index contributed by atoms with van der Waals surface area (Å²) in [6, 6.07) is 15.2. The fourth-order valence-corrected chi connectivity index (χ4v) is 10.4. The van der Waals surface area contributed by atoms with Gasteiger partial charge in [0.1, 0.15) is 5.44 Å². The number of hydrogen-bond acceptors (Lipinski definition) is 4. The average molecular weight is 529 g/mol. The van der Waals surface area contributed by atoms with E-state index in [0.717, 1.165) is 76.0 Å². The zero-order valence-electron chi connectivity index (χ0n) is 21.1. The van der Waals surface area contributed by atoms with Crippen LogP contribution < -0.4 is 10.6 Å². The van der Waals surface area contributed by atoms with Crippen molar-refractivity contribution in [1.82, 2.24) is 19.1 Å². The van der Waals surface area contributed by atoms with E-state index in [1.165, 1.54) is 23.7 Å². The van der Waals surface area contributed by atoms with Gasteiger partial charge in [-0.3, -0.25) is 14.0 Å². The van der Waals surface area contributed by atoms with Crippen molar-refractivity contribution in [2.75, 3.05) is 26.2 Å². The second-order valence-corrected chi connectivity index (χ2v) is 14.3. The van der Waals surface area contributed by atoms with E-state index in [1.54, 1.807) is 12.1 Å². The first-order valence-corrected chi connectivity index (χ1v) is 16.3. The van der Waals surface area contributed by atoms with Gasteiger partial charge in [0.15, 0.2) is 7.36 Å². The number of benzene rings is 2. The largest absolute Gasteiger partial charge is 0.260 e. The van der Waals surface area contributed by atoms with Crippen LogP contribution in [0.15, 0.2) is 58.2 Å². The predicted molar refractivity (Wildman–Crippen MR) is 147 cm³/mol. The summed E-state index contributed by atoms with van der Waals surface area (Å²) in [4.78, 5) is 0.114. The molecule has 3 heterocycles. The molecule has 1 aromatic heterocycles. The van der Waals surface area contributed by atoms with Gasteiger partial charge in [0.2, 0.25) is 10.0 Å². The third kappa shape index (κ3) is 4.92. The van der Waals surface area contributed by atoms with Gasteiger partial charge in [-0.05, 0) is 62.4 Å². The van der Waals surface area contributed by atoms with Gasteiger partial charge >= 0.3 is 0 Å². The Labute approximate surface area is 214 Å². The molecule has 0 radical (unpaired) electrons. The lowest BCUT2D eigenvalue weighted by Gasteiger charge is -2.47.